The molecule has 3 N–H and O–H groups in total. The van der Waals surface area contributed by atoms with Gasteiger partial charge in [0, 0.05) is 5.69 Å². The van der Waals surface area contributed by atoms with Gasteiger partial charge in [0.1, 0.15) is 5.75 Å². The standard InChI is InChI=1S/C20H26N2O4S/c1-12(2)17-10-15(11-18(13(3)4)19(17)23)21-20(24)22-27(25,26)16-8-6-14(5)7-9-16/h6-13,23H,1-5H3,(H2,21,22,24). The van der Waals surface area contributed by atoms with Gasteiger partial charge in [-0.1, -0.05) is 45.4 Å². The molecule has 2 aromatic carbocycles. The maximum Gasteiger partial charge on any atom is 0.333 e. The summed E-state index contributed by atoms with van der Waals surface area (Å²) in [6, 6.07) is 8.67. The summed E-state index contributed by atoms with van der Waals surface area (Å²) in [6.45, 7) is 9.59. The Labute approximate surface area is 160 Å². The lowest BCUT2D eigenvalue weighted by Gasteiger charge is -2.18. The van der Waals surface area contributed by atoms with Crippen LogP contribution in [0.15, 0.2) is 41.3 Å². The van der Waals surface area contributed by atoms with E-state index in [1.165, 1.54) is 12.1 Å². The Morgan fingerprint density at radius 1 is 0.963 bits per heavy atom. The van der Waals surface area contributed by atoms with Crippen molar-refractivity contribution in [2.75, 3.05) is 5.32 Å². The second-order valence-corrected chi connectivity index (χ2v) is 8.87. The van der Waals surface area contributed by atoms with Crippen LogP contribution in [0.4, 0.5) is 10.5 Å². The number of aromatic hydroxyl groups is 1. The van der Waals surface area contributed by atoms with Crippen LogP contribution >= 0.6 is 0 Å². The largest absolute Gasteiger partial charge is 0.507 e. The first-order chi connectivity index (χ1) is 12.5. The van der Waals surface area contributed by atoms with E-state index in [0.29, 0.717) is 16.8 Å². The number of carbonyl (C=O) groups excluding carboxylic acids is 1. The van der Waals surface area contributed by atoms with E-state index >= 15 is 0 Å². The van der Waals surface area contributed by atoms with Gasteiger partial charge in [0.2, 0.25) is 0 Å². The number of nitrogens with one attached hydrogen (secondary N) is 2. The van der Waals surface area contributed by atoms with E-state index in [4.69, 9.17) is 0 Å². The zero-order valence-corrected chi connectivity index (χ0v) is 17.0. The Hall–Kier alpha value is -2.54. The van der Waals surface area contributed by atoms with Gasteiger partial charge in [-0.2, -0.15) is 0 Å². The fourth-order valence-corrected chi connectivity index (χ4v) is 3.59. The minimum Gasteiger partial charge on any atom is -0.507 e. The summed E-state index contributed by atoms with van der Waals surface area (Å²) in [6.07, 6.45) is 0. The number of phenols is 1. The average Bonchev–Trinajstić information content (AvgIpc) is 2.55. The first-order valence-corrected chi connectivity index (χ1v) is 10.3. The van der Waals surface area contributed by atoms with Crippen molar-refractivity contribution in [2.45, 2.75) is 51.3 Å². The van der Waals surface area contributed by atoms with Gasteiger partial charge in [-0.05, 0) is 54.2 Å². The van der Waals surface area contributed by atoms with Gasteiger partial charge in [-0.25, -0.2) is 17.9 Å². The molecule has 146 valence electrons. The normalized spacial score (nSPS) is 11.7. The van der Waals surface area contributed by atoms with Crippen LogP contribution in [0.1, 0.15) is 56.2 Å². The lowest BCUT2D eigenvalue weighted by molar-refractivity contribution is 0.256. The van der Waals surface area contributed by atoms with Crippen LogP contribution in [0.25, 0.3) is 0 Å². The highest BCUT2D eigenvalue weighted by Crippen LogP contribution is 2.36. The van der Waals surface area contributed by atoms with Crippen molar-refractivity contribution in [3.05, 3.63) is 53.1 Å². The fraction of sp³-hybridized carbons (Fsp3) is 0.350. The molecule has 0 unspecified atom stereocenters. The maximum atomic E-state index is 12.3. The Morgan fingerprint density at radius 2 is 1.44 bits per heavy atom. The SMILES string of the molecule is Cc1ccc(S(=O)(=O)NC(=O)Nc2cc(C(C)C)c(O)c(C(C)C)c2)cc1. The van der Waals surface area contributed by atoms with Crippen molar-refractivity contribution in [1.82, 2.24) is 4.72 Å². The molecule has 2 amide bonds. The van der Waals surface area contributed by atoms with Gasteiger partial charge in [-0.15, -0.1) is 0 Å². The topological polar surface area (TPSA) is 95.5 Å². The molecule has 0 aromatic heterocycles. The molecule has 0 heterocycles. The van der Waals surface area contributed by atoms with Crippen LogP contribution in [-0.2, 0) is 10.0 Å². The molecule has 0 saturated heterocycles. The van der Waals surface area contributed by atoms with E-state index in [-0.39, 0.29) is 22.5 Å². The minimum absolute atomic E-state index is 0.0136. The molecule has 0 spiro atoms. The Morgan fingerprint density at radius 3 is 1.89 bits per heavy atom. The fourth-order valence-electron chi connectivity index (χ4n) is 2.69. The smallest absolute Gasteiger partial charge is 0.333 e. The molecular formula is C20H26N2O4S. The van der Waals surface area contributed by atoms with E-state index < -0.39 is 16.1 Å². The summed E-state index contributed by atoms with van der Waals surface area (Å²) in [5.41, 5.74) is 2.73. The first-order valence-electron chi connectivity index (χ1n) is 8.78. The summed E-state index contributed by atoms with van der Waals surface area (Å²) in [7, 11) is -3.97. The molecule has 27 heavy (non-hydrogen) atoms. The Bertz CT molecular complexity index is 904. The van der Waals surface area contributed by atoms with Gasteiger partial charge in [0.05, 0.1) is 4.90 Å². The van der Waals surface area contributed by atoms with Crippen molar-refractivity contribution in [1.29, 1.82) is 0 Å². The molecule has 6 nitrogen and oxygen atoms in total. The second-order valence-electron chi connectivity index (χ2n) is 7.19. The number of aryl methyl sites for hydroxylation is 1. The Kier molecular flexibility index (Phi) is 6.15. The van der Waals surface area contributed by atoms with E-state index in [1.807, 2.05) is 39.3 Å². The van der Waals surface area contributed by atoms with Crippen molar-refractivity contribution >= 4 is 21.7 Å². The number of hydrogen-bond acceptors (Lipinski definition) is 4. The van der Waals surface area contributed by atoms with Crippen LogP contribution in [0, 0.1) is 6.92 Å². The van der Waals surface area contributed by atoms with E-state index in [2.05, 4.69) is 5.32 Å². The van der Waals surface area contributed by atoms with E-state index in [0.717, 1.165) is 5.56 Å². The Balaban J connectivity index is 2.26. The molecule has 0 bridgehead atoms. The second kappa shape index (κ2) is 8.00. The predicted octanol–water partition coefficient (Wildman–Crippen LogP) is 4.46. The van der Waals surface area contributed by atoms with Gasteiger partial charge in [0.25, 0.3) is 10.0 Å². The summed E-state index contributed by atoms with van der Waals surface area (Å²) in [5, 5.41) is 13.0. The monoisotopic (exact) mass is 390 g/mol. The van der Waals surface area contributed by atoms with Crippen LogP contribution in [0.3, 0.4) is 0 Å². The van der Waals surface area contributed by atoms with Crippen molar-refractivity contribution < 1.29 is 18.3 Å². The highest BCUT2D eigenvalue weighted by atomic mass is 32.2. The molecule has 0 atom stereocenters. The number of rotatable bonds is 5. The van der Waals surface area contributed by atoms with Gasteiger partial charge < -0.3 is 10.4 Å². The van der Waals surface area contributed by atoms with Crippen molar-refractivity contribution in [3.8, 4) is 5.75 Å². The molecule has 0 saturated carbocycles. The zero-order chi connectivity index (χ0) is 20.4. The zero-order valence-electron chi connectivity index (χ0n) is 16.2. The molecule has 7 heteroatoms. The maximum absolute atomic E-state index is 12.3. The van der Waals surface area contributed by atoms with Crippen LogP contribution in [-0.4, -0.2) is 19.6 Å². The number of carbonyl (C=O) groups is 1. The van der Waals surface area contributed by atoms with Crippen molar-refractivity contribution in [2.24, 2.45) is 0 Å². The number of amides is 2. The summed E-state index contributed by atoms with van der Waals surface area (Å²) >= 11 is 0. The number of hydrogen-bond donors (Lipinski definition) is 3. The summed E-state index contributed by atoms with van der Waals surface area (Å²) in [4.78, 5) is 12.3. The number of benzene rings is 2. The van der Waals surface area contributed by atoms with E-state index in [9.17, 15) is 18.3 Å². The quantitative estimate of drug-likeness (QED) is 0.657. The molecule has 0 aliphatic carbocycles. The average molecular weight is 391 g/mol. The first kappa shape index (κ1) is 20.8. The molecule has 2 rings (SSSR count). The predicted molar refractivity (Wildman–Crippen MR) is 107 cm³/mol. The molecule has 0 aliphatic rings. The van der Waals surface area contributed by atoms with Crippen LogP contribution in [0.2, 0.25) is 0 Å². The van der Waals surface area contributed by atoms with Gasteiger partial charge in [0.15, 0.2) is 0 Å². The van der Waals surface area contributed by atoms with Gasteiger partial charge >= 0.3 is 6.03 Å². The third-order valence-electron chi connectivity index (χ3n) is 4.23. The summed E-state index contributed by atoms with van der Waals surface area (Å²) in [5.74, 6) is 0.297. The minimum atomic E-state index is -3.97. The highest BCUT2D eigenvalue weighted by molar-refractivity contribution is 7.90. The number of phenolic OH excluding ortho intramolecular Hbond substituents is 1. The third-order valence-corrected chi connectivity index (χ3v) is 5.58. The van der Waals surface area contributed by atoms with Gasteiger partial charge in [-0.3, -0.25) is 0 Å². The van der Waals surface area contributed by atoms with Crippen LogP contribution < -0.4 is 10.0 Å². The molecule has 2 aromatic rings. The lowest BCUT2D eigenvalue weighted by atomic mass is 9.93. The molecule has 0 radical (unpaired) electrons. The molecular weight excluding hydrogens is 364 g/mol. The molecule has 0 fully saturated rings. The van der Waals surface area contributed by atoms with Crippen molar-refractivity contribution in [3.63, 3.8) is 0 Å². The number of sulfonamides is 1. The number of anilines is 1. The van der Waals surface area contributed by atoms with E-state index in [1.54, 1.807) is 24.3 Å². The third kappa shape index (κ3) is 5.01. The highest BCUT2D eigenvalue weighted by Gasteiger charge is 2.19. The number of urea groups is 1. The molecule has 0 aliphatic heterocycles. The van der Waals surface area contributed by atoms with Crippen LogP contribution in [0.5, 0.6) is 5.75 Å². The lowest BCUT2D eigenvalue weighted by Crippen LogP contribution is -2.34. The summed E-state index contributed by atoms with van der Waals surface area (Å²) < 4.78 is 26.7.